The van der Waals surface area contributed by atoms with Crippen LogP contribution in [-0.4, -0.2) is 21.6 Å². The first kappa shape index (κ1) is 15.5. The molecule has 1 unspecified atom stereocenters. The van der Waals surface area contributed by atoms with Crippen LogP contribution in [0.5, 0.6) is 0 Å². The number of hydrogen-bond acceptors (Lipinski definition) is 2. The van der Waals surface area contributed by atoms with Crippen LogP contribution >= 0.6 is 0 Å². The molecule has 0 saturated heterocycles. The lowest BCUT2D eigenvalue weighted by Gasteiger charge is -2.15. The highest BCUT2D eigenvalue weighted by Crippen LogP contribution is 2.40. The van der Waals surface area contributed by atoms with Crippen LogP contribution in [0.3, 0.4) is 0 Å². The van der Waals surface area contributed by atoms with E-state index in [-0.39, 0.29) is 24.4 Å². The summed E-state index contributed by atoms with van der Waals surface area (Å²) in [5, 5.41) is 5.53. The molecule has 1 aliphatic rings. The summed E-state index contributed by atoms with van der Waals surface area (Å²) in [5.74, 6) is 0.278. The first-order valence-electron chi connectivity index (χ1n) is 7.90. The fourth-order valence-corrected chi connectivity index (χ4v) is 2.58. The first-order chi connectivity index (χ1) is 11.1. The van der Waals surface area contributed by atoms with E-state index in [4.69, 9.17) is 0 Å². The van der Waals surface area contributed by atoms with Gasteiger partial charge in [-0.1, -0.05) is 12.1 Å². The van der Waals surface area contributed by atoms with Crippen molar-refractivity contribution >= 4 is 6.03 Å². The van der Waals surface area contributed by atoms with E-state index in [1.165, 1.54) is 0 Å². The van der Waals surface area contributed by atoms with Gasteiger partial charge in [0.05, 0.1) is 6.33 Å². The zero-order valence-corrected chi connectivity index (χ0v) is 13.1. The van der Waals surface area contributed by atoms with Gasteiger partial charge in [-0.2, -0.15) is 0 Å². The molecule has 0 bridgehead atoms. The maximum atomic E-state index is 14.0. The van der Waals surface area contributed by atoms with Crippen molar-refractivity contribution in [3.05, 3.63) is 53.9 Å². The van der Waals surface area contributed by atoms with E-state index >= 15 is 0 Å². The van der Waals surface area contributed by atoms with Gasteiger partial charge in [-0.3, -0.25) is 0 Å². The third-order valence-electron chi connectivity index (χ3n) is 3.99. The summed E-state index contributed by atoms with van der Waals surface area (Å²) >= 11 is 0. The van der Waals surface area contributed by atoms with Crippen molar-refractivity contribution in [2.75, 3.05) is 0 Å². The van der Waals surface area contributed by atoms with Crippen molar-refractivity contribution in [1.82, 2.24) is 20.2 Å². The average Bonchev–Trinajstić information content (AvgIpc) is 3.24. The molecule has 0 aliphatic heterocycles. The number of rotatable bonds is 6. The number of carbonyl (C=O) groups excluding carboxylic acids is 1. The summed E-state index contributed by atoms with van der Waals surface area (Å²) in [6.07, 6.45) is 7.53. The molecule has 2 N–H and O–H groups in total. The summed E-state index contributed by atoms with van der Waals surface area (Å²) in [5.41, 5.74) is 1.57. The number of imidazole rings is 1. The Morgan fingerprint density at radius 3 is 2.96 bits per heavy atom. The van der Waals surface area contributed by atoms with Crippen molar-refractivity contribution in [3.8, 4) is 0 Å². The van der Waals surface area contributed by atoms with Crippen LogP contribution in [0.2, 0.25) is 0 Å². The summed E-state index contributed by atoms with van der Waals surface area (Å²) < 4.78 is 15.9. The molecule has 122 valence electrons. The number of hydrogen-bond donors (Lipinski definition) is 2. The Kier molecular flexibility index (Phi) is 4.60. The minimum atomic E-state index is -0.303. The van der Waals surface area contributed by atoms with Gasteiger partial charge in [-0.25, -0.2) is 14.2 Å². The molecular formula is C17H21FN4O. The van der Waals surface area contributed by atoms with E-state index in [0.29, 0.717) is 18.0 Å². The number of carbonyl (C=O) groups is 1. The number of urea groups is 1. The number of halogens is 1. The molecule has 3 rings (SSSR count). The van der Waals surface area contributed by atoms with Gasteiger partial charge in [0.2, 0.25) is 0 Å². The Balaban J connectivity index is 1.46. The summed E-state index contributed by atoms with van der Waals surface area (Å²) in [7, 11) is 0. The van der Waals surface area contributed by atoms with Gasteiger partial charge in [0.15, 0.2) is 0 Å². The predicted molar refractivity (Wildman–Crippen MR) is 85.4 cm³/mol. The monoisotopic (exact) mass is 316 g/mol. The number of nitrogens with zero attached hydrogens (tertiary/aromatic N) is 2. The number of nitrogens with one attached hydrogen (secondary N) is 2. The third kappa shape index (κ3) is 4.31. The molecule has 1 aromatic heterocycles. The largest absolute Gasteiger partial charge is 0.335 e. The Morgan fingerprint density at radius 2 is 2.30 bits per heavy atom. The molecule has 0 spiro atoms. The molecule has 1 fully saturated rings. The van der Waals surface area contributed by atoms with Gasteiger partial charge in [0.25, 0.3) is 0 Å². The second-order valence-corrected chi connectivity index (χ2v) is 6.11. The van der Waals surface area contributed by atoms with Gasteiger partial charge in [0, 0.05) is 37.1 Å². The molecule has 1 heterocycles. The van der Waals surface area contributed by atoms with Crippen LogP contribution in [0.4, 0.5) is 9.18 Å². The quantitative estimate of drug-likeness (QED) is 0.861. The highest BCUT2D eigenvalue weighted by atomic mass is 19.1. The Morgan fingerprint density at radius 1 is 1.48 bits per heavy atom. The van der Waals surface area contributed by atoms with Crippen LogP contribution in [-0.2, 0) is 13.1 Å². The predicted octanol–water partition coefficient (Wildman–Crippen LogP) is 2.79. The zero-order valence-electron chi connectivity index (χ0n) is 13.1. The molecular weight excluding hydrogens is 295 g/mol. The van der Waals surface area contributed by atoms with E-state index in [2.05, 4.69) is 15.6 Å². The number of benzene rings is 1. The van der Waals surface area contributed by atoms with Crippen molar-refractivity contribution in [1.29, 1.82) is 0 Å². The zero-order chi connectivity index (χ0) is 16.2. The van der Waals surface area contributed by atoms with Gasteiger partial charge in [-0.15, -0.1) is 0 Å². The minimum absolute atomic E-state index is 0.0497. The molecule has 6 heteroatoms. The highest BCUT2D eigenvalue weighted by Gasteiger charge is 2.24. The van der Waals surface area contributed by atoms with Crippen LogP contribution in [0.1, 0.15) is 36.8 Å². The van der Waals surface area contributed by atoms with Crippen molar-refractivity contribution in [2.24, 2.45) is 0 Å². The summed E-state index contributed by atoms with van der Waals surface area (Å²) in [6, 6.07) is 4.96. The SMILES string of the molecule is CC(Cn1ccnc1)NC(=O)NCc1ccc(C2CC2)cc1F. The standard InChI is InChI=1S/C17H21FN4O/c1-12(10-22-7-6-19-11-22)21-17(23)20-9-15-5-4-14(8-16(15)18)13-2-3-13/h4-8,11-13H,2-3,9-10H2,1H3,(H2,20,21,23). The van der Waals surface area contributed by atoms with Crippen LogP contribution in [0.15, 0.2) is 36.9 Å². The van der Waals surface area contributed by atoms with E-state index in [0.717, 1.165) is 18.4 Å². The lowest BCUT2D eigenvalue weighted by atomic mass is 10.1. The summed E-state index contributed by atoms with van der Waals surface area (Å²) in [6.45, 7) is 2.73. The molecule has 1 aromatic carbocycles. The second kappa shape index (κ2) is 6.81. The van der Waals surface area contributed by atoms with E-state index in [1.54, 1.807) is 24.7 Å². The van der Waals surface area contributed by atoms with Gasteiger partial charge < -0.3 is 15.2 Å². The van der Waals surface area contributed by atoms with Crippen molar-refractivity contribution < 1.29 is 9.18 Å². The van der Waals surface area contributed by atoms with Gasteiger partial charge in [-0.05, 0) is 37.3 Å². The Hall–Kier alpha value is -2.37. The van der Waals surface area contributed by atoms with E-state index < -0.39 is 0 Å². The van der Waals surface area contributed by atoms with Crippen LogP contribution in [0.25, 0.3) is 0 Å². The maximum Gasteiger partial charge on any atom is 0.315 e. The molecule has 1 saturated carbocycles. The van der Waals surface area contributed by atoms with Gasteiger partial charge >= 0.3 is 6.03 Å². The van der Waals surface area contributed by atoms with Crippen LogP contribution < -0.4 is 10.6 Å². The first-order valence-corrected chi connectivity index (χ1v) is 7.90. The lowest BCUT2D eigenvalue weighted by molar-refractivity contribution is 0.236. The highest BCUT2D eigenvalue weighted by molar-refractivity contribution is 5.74. The fraction of sp³-hybridized carbons (Fsp3) is 0.412. The molecule has 2 aromatic rings. The third-order valence-corrected chi connectivity index (χ3v) is 3.99. The molecule has 2 amide bonds. The molecule has 1 atom stereocenters. The Bertz CT molecular complexity index is 667. The normalized spacial score (nSPS) is 15.2. The smallest absolute Gasteiger partial charge is 0.315 e. The maximum absolute atomic E-state index is 14.0. The van der Waals surface area contributed by atoms with Crippen molar-refractivity contribution in [3.63, 3.8) is 0 Å². The minimum Gasteiger partial charge on any atom is -0.335 e. The summed E-state index contributed by atoms with van der Waals surface area (Å²) in [4.78, 5) is 15.8. The number of aromatic nitrogens is 2. The lowest BCUT2D eigenvalue weighted by Crippen LogP contribution is -2.42. The fourth-order valence-electron chi connectivity index (χ4n) is 2.58. The topological polar surface area (TPSA) is 59.0 Å². The Labute approximate surface area is 134 Å². The van der Waals surface area contributed by atoms with Crippen molar-refractivity contribution in [2.45, 2.75) is 44.8 Å². The van der Waals surface area contributed by atoms with E-state index in [9.17, 15) is 9.18 Å². The molecule has 5 nitrogen and oxygen atoms in total. The molecule has 1 aliphatic carbocycles. The van der Waals surface area contributed by atoms with Gasteiger partial charge in [0.1, 0.15) is 5.82 Å². The second-order valence-electron chi connectivity index (χ2n) is 6.11. The molecule has 0 radical (unpaired) electrons. The number of amides is 2. The van der Waals surface area contributed by atoms with Crippen LogP contribution in [0, 0.1) is 5.82 Å². The molecule has 23 heavy (non-hydrogen) atoms. The van der Waals surface area contributed by atoms with E-state index in [1.807, 2.05) is 23.8 Å². The average molecular weight is 316 g/mol.